The first-order valence-electron chi connectivity index (χ1n) is 8.37. The maximum atomic E-state index is 12.5. The van der Waals surface area contributed by atoms with Crippen LogP contribution in [0.25, 0.3) is 10.2 Å². The van der Waals surface area contributed by atoms with Crippen molar-refractivity contribution in [3.63, 3.8) is 0 Å². The predicted molar refractivity (Wildman–Crippen MR) is 102 cm³/mol. The van der Waals surface area contributed by atoms with Crippen molar-refractivity contribution in [2.45, 2.75) is 0 Å². The second-order valence-electron chi connectivity index (χ2n) is 5.70. The number of aromatic nitrogens is 1. The van der Waals surface area contributed by atoms with E-state index in [2.05, 4.69) is 27.8 Å². The number of thiazole rings is 1. The van der Waals surface area contributed by atoms with Crippen molar-refractivity contribution < 1.29 is 59.6 Å². The normalized spacial score (nSPS) is 11.0. The molecule has 0 fully saturated rings. The molecule has 2 aromatic heterocycles. The Morgan fingerprint density at radius 3 is 2.42 bits per heavy atom. The number of hydrogen-bond donors (Lipinski definition) is 1. The molecule has 0 aliphatic carbocycles. The highest BCUT2D eigenvalue weighted by molar-refractivity contribution is 7.22. The third-order valence-corrected chi connectivity index (χ3v) is 8.71. The van der Waals surface area contributed by atoms with E-state index in [9.17, 15) is 4.79 Å². The van der Waals surface area contributed by atoms with Gasteiger partial charge in [-0.25, -0.2) is 23.6 Å². The monoisotopic (exact) mass is 592 g/mol. The van der Waals surface area contributed by atoms with Gasteiger partial charge in [-0.15, -0.1) is 10.2 Å². The van der Waals surface area contributed by atoms with Crippen LogP contribution in [0, 0.1) is 16.7 Å². The summed E-state index contributed by atoms with van der Waals surface area (Å²) < 4.78 is 42.9. The number of hydrogen-bond acceptors (Lipinski definition) is 9. The zero-order valence-corrected chi connectivity index (χ0v) is 20.3. The van der Waals surface area contributed by atoms with Gasteiger partial charge in [-0.3, -0.25) is 10.1 Å². The lowest BCUT2D eigenvalue weighted by molar-refractivity contribution is -2.00. The fraction of sp³-hybridized carbons (Fsp3) is 0.0526. The van der Waals surface area contributed by atoms with E-state index in [1.807, 2.05) is 42.5 Å². The SMILES string of the molecule is COc1ccc2nc(NC(=O)c3ccc([I+]c4cccs4)cc3)sc2c1.[O-][Cl+3]([O-])([O-])[O-]. The highest BCUT2D eigenvalue weighted by Crippen LogP contribution is 2.29. The molecule has 12 heteroatoms. The summed E-state index contributed by atoms with van der Waals surface area (Å²) in [6.45, 7) is 0. The number of rotatable bonds is 5. The van der Waals surface area contributed by atoms with Crippen molar-refractivity contribution in [2.24, 2.45) is 0 Å². The molecule has 2 heterocycles. The minimum Gasteiger partial charge on any atom is -0.497 e. The number of fused-ring (bicyclic) bond motifs is 1. The van der Waals surface area contributed by atoms with E-state index in [4.69, 9.17) is 23.4 Å². The number of anilines is 1. The molecule has 4 aromatic rings. The van der Waals surface area contributed by atoms with Crippen LogP contribution in [0.5, 0.6) is 5.75 Å². The molecule has 0 unspecified atom stereocenters. The number of nitrogens with zero attached hydrogens (tertiary/aromatic N) is 1. The van der Waals surface area contributed by atoms with E-state index in [-0.39, 0.29) is 27.1 Å². The van der Waals surface area contributed by atoms with Crippen molar-refractivity contribution >= 4 is 43.9 Å². The van der Waals surface area contributed by atoms with Gasteiger partial charge in [-0.05, 0) is 53.9 Å². The molecule has 4 rings (SSSR count). The van der Waals surface area contributed by atoms with Crippen LogP contribution in [0.1, 0.15) is 10.4 Å². The van der Waals surface area contributed by atoms with Crippen molar-refractivity contribution in [1.29, 1.82) is 0 Å². The number of thiophene rings is 1. The molecule has 1 N–H and O–H groups in total. The Morgan fingerprint density at radius 2 is 1.81 bits per heavy atom. The summed E-state index contributed by atoms with van der Waals surface area (Å²) in [7, 11) is -3.31. The third-order valence-electron chi connectivity index (χ3n) is 3.61. The van der Waals surface area contributed by atoms with E-state index < -0.39 is 10.2 Å². The highest BCUT2D eigenvalue weighted by Gasteiger charge is 2.17. The van der Waals surface area contributed by atoms with Crippen LogP contribution in [0.4, 0.5) is 5.13 Å². The molecular weight excluding hydrogens is 579 g/mol. The van der Waals surface area contributed by atoms with Gasteiger partial charge in [0.1, 0.15) is 5.75 Å². The third kappa shape index (κ3) is 7.66. The number of amides is 1. The standard InChI is InChI=1S/C19H13IN2O2S2.ClHO4/c1-24-14-8-9-15-16(11-14)26-19(21-15)22-18(23)12-4-6-13(7-5-12)20-17-3-2-10-25-17;2-1(3,4)5/h2-11H,1H3;(H,2,3,4,5). The van der Waals surface area contributed by atoms with Gasteiger partial charge in [-0.2, -0.15) is 0 Å². The van der Waals surface area contributed by atoms with Crippen LogP contribution in [0.3, 0.4) is 0 Å². The molecule has 0 aliphatic rings. The number of ether oxygens (including phenoxy) is 1. The fourth-order valence-corrected chi connectivity index (χ4v) is 6.86. The molecule has 0 saturated heterocycles. The molecule has 162 valence electrons. The van der Waals surface area contributed by atoms with E-state index in [1.54, 1.807) is 18.4 Å². The highest BCUT2D eigenvalue weighted by atomic mass is 127. The molecule has 2 aromatic carbocycles. The van der Waals surface area contributed by atoms with Crippen LogP contribution in [0.15, 0.2) is 60.0 Å². The Balaban J connectivity index is 0.000000491. The Hall–Kier alpha value is -1.84. The first-order chi connectivity index (χ1) is 14.7. The van der Waals surface area contributed by atoms with Crippen molar-refractivity contribution in [2.75, 3.05) is 12.4 Å². The molecule has 0 radical (unpaired) electrons. The van der Waals surface area contributed by atoms with Crippen LogP contribution < -0.4 is 49.9 Å². The maximum Gasteiger partial charge on any atom is 0.369 e. The molecule has 8 nitrogen and oxygen atoms in total. The molecule has 0 spiro atoms. The summed E-state index contributed by atoms with van der Waals surface area (Å²) in [4.78, 5) is 16.9. The van der Waals surface area contributed by atoms with Gasteiger partial charge >= 0.3 is 21.2 Å². The lowest BCUT2D eigenvalue weighted by Gasteiger charge is -2.17. The number of methoxy groups -OCH3 is 1. The quantitative estimate of drug-likeness (QED) is 0.243. The molecule has 31 heavy (non-hydrogen) atoms. The second kappa shape index (κ2) is 10.7. The van der Waals surface area contributed by atoms with Gasteiger partial charge in [-0.1, -0.05) is 22.7 Å². The summed E-state index contributed by atoms with van der Waals surface area (Å²) in [6.07, 6.45) is 0. The van der Waals surface area contributed by atoms with E-state index >= 15 is 0 Å². The lowest BCUT2D eigenvalue weighted by Crippen LogP contribution is -3.61. The average molecular weight is 593 g/mol. The second-order valence-corrected chi connectivity index (χ2v) is 12.1. The fourth-order valence-electron chi connectivity index (χ4n) is 2.34. The molecule has 0 saturated carbocycles. The molecule has 0 bridgehead atoms. The van der Waals surface area contributed by atoms with Gasteiger partial charge in [0.05, 0.1) is 17.3 Å². The van der Waals surface area contributed by atoms with E-state index in [0.717, 1.165) is 16.0 Å². The first-order valence-corrected chi connectivity index (χ1v) is 13.5. The van der Waals surface area contributed by atoms with Crippen LogP contribution in [-0.2, 0) is 0 Å². The predicted octanol–water partition coefficient (Wildman–Crippen LogP) is -3.01. The summed E-state index contributed by atoms with van der Waals surface area (Å²) in [6, 6.07) is 17.8. The van der Waals surface area contributed by atoms with E-state index in [1.165, 1.54) is 17.8 Å². The van der Waals surface area contributed by atoms with Crippen LogP contribution in [-0.4, -0.2) is 18.0 Å². The Morgan fingerprint density at radius 1 is 1.10 bits per heavy atom. The molecule has 0 aliphatic heterocycles. The number of carbonyl (C=O) groups excluding carboxylic acids is 1. The van der Waals surface area contributed by atoms with E-state index in [0.29, 0.717) is 10.7 Å². The summed E-state index contributed by atoms with van der Waals surface area (Å²) in [5.41, 5.74) is 1.49. The summed E-state index contributed by atoms with van der Waals surface area (Å²) >= 11 is 3.06. The first kappa shape index (κ1) is 23.8. The topological polar surface area (TPSA) is 143 Å². The molecule has 0 atom stereocenters. The average Bonchev–Trinajstić information content (AvgIpc) is 3.35. The van der Waals surface area contributed by atoms with Crippen molar-refractivity contribution in [1.82, 2.24) is 4.98 Å². The Kier molecular flexibility index (Phi) is 8.18. The van der Waals surface area contributed by atoms with Gasteiger partial charge in [0, 0.05) is 11.6 Å². The smallest absolute Gasteiger partial charge is 0.369 e. The minimum absolute atomic E-state index is 0.142. The maximum absolute atomic E-state index is 12.5. The lowest BCUT2D eigenvalue weighted by atomic mass is 10.2. The molecule has 1 amide bonds. The van der Waals surface area contributed by atoms with Gasteiger partial charge in [0.25, 0.3) is 5.91 Å². The summed E-state index contributed by atoms with van der Waals surface area (Å²) in [5.74, 6) is 0.639. The Bertz CT molecular complexity index is 1140. The largest absolute Gasteiger partial charge is 0.497 e. The van der Waals surface area contributed by atoms with Crippen molar-refractivity contribution in [3.05, 3.63) is 72.0 Å². The number of nitrogens with one attached hydrogen (secondary N) is 1. The van der Waals surface area contributed by atoms with Crippen LogP contribution in [0.2, 0.25) is 0 Å². The molecular formula is C19H14ClIN2O6S2. The Labute approximate surface area is 197 Å². The van der Waals surface area contributed by atoms with Gasteiger partial charge in [0.2, 0.25) is 2.88 Å². The van der Waals surface area contributed by atoms with Crippen molar-refractivity contribution in [3.8, 4) is 5.75 Å². The number of halogens is 2. The van der Waals surface area contributed by atoms with Crippen LogP contribution >= 0.6 is 22.7 Å². The number of benzene rings is 2. The summed E-state index contributed by atoms with van der Waals surface area (Å²) in [5, 5.41) is 5.58. The van der Waals surface area contributed by atoms with Gasteiger partial charge in [0.15, 0.2) is 8.70 Å². The minimum atomic E-state index is -4.94. The zero-order chi connectivity index (χ0) is 22.4. The number of carbonyl (C=O) groups is 1. The zero-order valence-electron chi connectivity index (χ0n) is 15.7. The van der Waals surface area contributed by atoms with Gasteiger partial charge < -0.3 is 4.74 Å².